The first kappa shape index (κ1) is 11.6. The summed E-state index contributed by atoms with van der Waals surface area (Å²) in [5.74, 6) is 0.402. The molecular formula is C13H19FN2. The summed E-state index contributed by atoms with van der Waals surface area (Å²) in [6.45, 7) is 2.11. The van der Waals surface area contributed by atoms with Crippen molar-refractivity contribution >= 4 is 0 Å². The van der Waals surface area contributed by atoms with Gasteiger partial charge >= 0.3 is 0 Å². The number of hydrogen-bond donors (Lipinski definition) is 2. The van der Waals surface area contributed by atoms with Gasteiger partial charge in [-0.2, -0.15) is 0 Å². The zero-order chi connectivity index (χ0) is 11.4. The van der Waals surface area contributed by atoms with Crippen molar-refractivity contribution < 1.29 is 4.39 Å². The van der Waals surface area contributed by atoms with E-state index in [-0.39, 0.29) is 11.9 Å². The molecule has 0 aromatic heterocycles. The Bertz CT molecular complexity index is 334. The lowest BCUT2D eigenvalue weighted by atomic mass is 9.87. The van der Waals surface area contributed by atoms with E-state index >= 15 is 0 Å². The van der Waals surface area contributed by atoms with Gasteiger partial charge in [0, 0.05) is 6.04 Å². The van der Waals surface area contributed by atoms with Crippen molar-refractivity contribution in [2.75, 3.05) is 13.1 Å². The van der Waals surface area contributed by atoms with Crippen molar-refractivity contribution in [2.24, 2.45) is 11.7 Å². The van der Waals surface area contributed by atoms with E-state index < -0.39 is 0 Å². The molecule has 1 unspecified atom stereocenters. The molecule has 0 amide bonds. The second-order valence-electron chi connectivity index (χ2n) is 4.59. The second-order valence-corrected chi connectivity index (χ2v) is 4.59. The van der Waals surface area contributed by atoms with E-state index in [2.05, 4.69) is 5.32 Å². The summed E-state index contributed by atoms with van der Waals surface area (Å²) in [6.07, 6.45) is 3.05. The number of piperidine rings is 1. The molecule has 0 radical (unpaired) electrons. The van der Waals surface area contributed by atoms with Gasteiger partial charge < -0.3 is 11.1 Å². The maximum atomic E-state index is 13.0. The Morgan fingerprint density at radius 2 is 2.12 bits per heavy atom. The molecule has 1 heterocycles. The van der Waals surface area contributed by atoms with E-state index in [4.69, 9.17) is 5.73 Å². The van der Waals surface area contributed by atoms with Crippen LogP contribution in [0.15, 0.2) is 24.3 Å². The highest BCUT2D eigenvalue weighted by atomic mass is 19.1. The van der Waals surface area contributed by atoms with Crippen molar-refractivity contribution in [2.45, 2.75) is 25.3 Å². The summed E-state index contributed by atoms with van der Waals surface area (Å²) < 4.78 is 13.0. The molecule has 1 aromatic carbocycles. The van der Waals surface area contributed by atoms with Gasteiger partial charge in [-0.15, -0.1) is 0 Å². The normalized spacial score (nSPS) is 19.6. The lowest BCUT2D eigenvalue weighted by molar-refractivity contribution is 0.316. The van der Waals surface area contributed by atoms with Crippen LogP contribution in [0.4, 0.5) is 4.39 Å². The standard InChI is InChI=1S/C13H19FN2/c14-12-3-1-2-10(8-12)9-13(15)11-4-6-16-7-5-11/h1-3,8,11,13,16H,4-7,9,15H2. The molecule has 3 heteroatoms. The minimum absolute atomic E-state index is 0.156. The molecule has 88 valence electrons. The molecule has 3 N–H and O–H groups in total. The Morgan fingerprint density at radius 3 is 2.81 bits per heavy atom. The summed E-state index contributed by atoms with van der Waals surface area (Å²) in [6, 6.07) is 6.91. The topological polar surface area (TPSA) is 38.0 Å². The van der Waals surface area contributed by atoms with Gasteiger partial charge in [-0.3, -0.25) is 0 Å². The molecule has 1 aliphatic rings. The summed E-state index contributed by atoms with van der Waals surface area (Å²) >= 11 is 0. The van der Waals surface area contributed by atoms with Gasteiger partial charge in [-0.05, 0) is 56.0 Å². The lowest BCUT2D eigenvalue weighted by Gasteiger charge is -2.28. The smallest absolute Gasteiger partial charge is 0.123 e. The molecule has 0 bridgehead atoms. The van der Waals surface area contributed by atoms with Gasteiger partial charge in [0.1, 0.15) is 5.82 Å². The van der Waals surface area contributed by atoms with Crippen LogP contribution in [0.25, 0.3) is 0 Å². The summed E-state index contributed by atoms with van der Waals surface area (Å²) in [7, 11) is 0. The number of nitrogens with two attached hydrogens (primary N) is 1. The predicted octanol–water partition coefficient (Wildman–Crippen LogP) is 1.70. The fraction of sp³-hybridized carbons (Fsp3) is 0.538. The van der Waals surface area contributed by atoms with Crippen molar-refractivity contribution in [1.82, 2.24) is 5.32 Å². The van der Waals surface area contributed by atoms with E-state index in [9.17, 15) is 4.39 Å². The Hall–Kier alpha value is -0.930. The Balaban J connectivity index is 1.93. The third kappa shape index (κ3) is 3.03. The number of rotatable bonds is 3. The monoisotopic (exact) mass is 222 g/mol. The van der Waals surface area contributed by atoms with Crippen molar-refractivity contribution in [3.8, 4) is 0 Å². The molecule has 1 aromatic rings. The van der Waals surface area contributed by atoms with E-state index in [1.54, 1.807) is 12.1 Å². The maximum absolute atomic E-state index is 13.0. The second kappa shape index (κ2) is 5.41. The van der Waals surface area contributed by atoms with Crippen LogP contribution in [0.2, 0.25) is 0 Å². The van der Waals surface area contributed by atoms with Gasteiger partial charge in [0.25, 0.3) is 0 Å². The van der Waals surface area contributed by atoms with E-state index in [0.29, 0.717) is 5.92 Å². The van der Waals surface area contributed by atoms with Crippen LogP contribution in [-0.4, -0.2) is 19.1 Å². The van der Waals surface area contributed by atoms with Gasteiger partial charge in [0.05, 0.1) is 0 Å². The fourth-order valence-corrected chi connectivity index (χ4v) is 2.38. The van der Waals surface area contributed by atoms with Crippen LogP contribution >= 0.6 is 0 Å². The Morgan fingerprint density at radius 1 is 1.38 bits per heavy atom. The predicted molar refractivity (Wildman–Crippen MR) is 63.7 cm³/mol. The number of hydrogen-bond acceptors (Lipinski definition) is 2. The van der Waals surface area contributed by atoms with Gasteiger partial charge in [0.2, 0.25) is 0 Å². The van der Waals surface area contributed by atoms with E-state index in [0.717, 1.165) is 37.9 Å². The van der Waals surface area contributed by atoms with Gasteiger partial charge in [0.15, 0.2) is 0 Å². The molecule has 16 heavy (non-hydrogen) atoms. The zero-order valence-electron chi connectivity index (χ0n) is 9.45. The Labute approximate surface area is 96.0 Å². The van der Waals surface area contributed by atoms with E-state index in [1.807, 2.05) is 6.07 Å². The molecule has 1 aliphatic heterocycles. The average Bonchev–Trinajstić information content (AvgIpc) is 2.30. The molecule has 0 aliphatic carbocycles. The molecule has 2 nitrogen and oxygen atoms in total. The summed E-state index contributed by atoms with van der Waals surface area (Å²) in [4.78, 5) is 0. The van der Waals surface area contributed by atoms with Crippen molar-refractivity contribution in [1.29, 1.82) is 0 Å². The molecule has 1 saturated heterocycles. The quantitative estimate of drug-likeness (QED) is 0.817. The summed E-state index contributed by atoms with van der Waals surface area (Å²) in [5, 5.41) is 3.33. The van der Waals surface area contributed by atoms with E-state index in [1.165, 1.54) is 6.07 Å². The minimum Gasteiger partial charge on any atom is -0.327 e. The first-order valence-corrected chi connectivity index (χ1v) is 5.96. The Kier molecular flexibility index (Phi) is 3.91. The molecular weight excluding hydrogens is 203 g/mol. The largest absolute Gasteiger partial charge is 0.327 e. The molecule has 1 atom stereocenters. The third-order valence-corrected chi connectivity index (χ3v) is 3.35. The van der Waals surface area contributed by atoms with Crippen LogP contribution in [0.1, 0.15) is 18.4 Å². The highest BCUT2D eigenvalue weighted by Gasteiger charge is 2.20. The molecule has 1 fully saturated rings. The molecule has 0 spiro atoms. The van der Waals surface area contributed by atoms with Crippen LogP contribution in [0, 0.1) is 11.7 Å². The van der Waals surface area contributed by atoms with Gasteiger partial charge in [-0.25, -0.2) is 4.39 Å². The maximum Gasteiger partial charge on any atom is 0.123 e. The van der Waals surface area contributed by atoms with Crippen LogP contribution < -0.4 is 11.1 Å². The first-order valence-electron chi connectivity index (χ1n) is 5.96. The zero-order valence-corrected chi connectivity index (χ0v) is 9.45. The molecule has 0 saturated carbocycles. The fourth-order valence-electron chi connectivity index (χ4n) is 2.38. The lowest BCUT2D eigenvalue weighted by Crippen LogP contribution is -2.39. The van der Waals surface area contributed by atoms with Crippen LogP contribution in [-0.2, 0) is 6.42 Å². The highest BCUT2D eigenvalue weighted by molar-refractivity contribution is 5.17. The van der Waals surface area contributed by atoms with Crippen LogP contribution in [0.5, 0.6) is 0 Å². The van der Waals surface area contributed by atoms with Crippen molar-refractivity contribution in [3.63, 3.8) is 0 Å². The average molecular weight is 222 g/mol. The van der Waals surface area contributed by atoms with Gasteiger partial charge in [-0.1, -0.05) is 12.1 Å². The number of benzene rings is 1. The molecule has 2 rings (SSSR count). The number of nitrogens with one attached hydrogen (secondary N) is 1. The highest BCUT2D eigenvalue weighted by Crippen LogP contribution is 2.18. The summed E-state index contributed by atoms with van der Waals surface area (Å²) in [5.41, 5.74) is 7.19. The van der Waals surface area contributed by atoms with Crippen LogP contribution in [0.3, 0.4) is 0 Å². The minimum atomic E-state index is -0.171. The number of halogens is 1. The SMILES string of the molecule is NC(Cc1cccc(F)c1)C1CCNCC1. The van der Waals surface area contributed by atoms with Crippen molar-refractivity contribution in [3.05, 3.63) is 35.6 Å². The third-order valence-electron chi connectivity index (χ3n) is 3.35. The first-order chi connectivity index (χ1) is 7.75.